The fourth-order valence-electron chi connectivity index (χ4n) is 2.19. The van der Waals surface area contributed by atoms with Crippen LogP contribution in [0.3, 0.4) is 0 Å². The van der Waals surface area contributed by atoms with E-state index in [1.165, 1.54) is 6.08 Å². The van der Waals surface area contributed by atoms with Crippen molar-refractivity contribution in [1.82, 2.24) is 4.90 Å². The Morgan fingerprint density at radius 3 is 2.48 bits per heavy atom. The number of carbonyl (C=O) groups excluding carboxylic acids is 1. The highest BCUT2D eigenvalue weighted by atomic mass is 16.5. The lowest BCUT2D eigenvalue weighted by atomic mass is 10.1. The second-order valence-electron chi connectivity index (χ2n) is 5.36. The standard InChI is InChI=1S/C20H23NO4/c1-21(13-14-25-17-7-5-4-6-8-17)20(22)12-9-16-15-18(23-2)10-11-19(16)24-3/h4-12,15H,13-14H2,1-3H3/b12-9+. The lowest BCUT2D eigenvalue weighted by Crippen LogP contribution is -2.29. The molecular formula is C20H23NO4. The molecule has 25 heavy (non-hydrogen) atoms. The highest BCUT2D eigenvalue weighted by Crippen LogP contribution is 2.25. The lowest BCUT2D eigenvalue weighted by molar-refractivity contribution is -0.125. The summed E-state index contributed by atoms with van der Waals surface area (Å²) in [5.41, 5.74) is 0.782. The molecule has 0 N–H and O–H groups in total. The third-order valence-electron chi connectivity index (χ3n) is 3.66. The van der Waals surface area contributed by atoms with Gasteiger partial charge in [-0.05, 0) is 36.4 Å². The minimum absolute atomic E-state index is 0.110. The monoisotopic (exact) mass is 341 g/mol. The van der Waals surface area contributed by atoms with Crippen LogP contribution in [0, 0.1) is 0 Å². The van der Waals surface area contributed by atoms with E-state index in [9.17, 15) is 4.79 Å². The van der Waals surface area contributed by atoms with Crippen LogP contribution in [0.2, 0.25) is 0 Å². The third-order valence-corrected chi connectivity index (χ3v) is 3.66. The van der Waals surface area contributed by atoms with Crippen molar-refractivity contribution in [2.75, 3.05) is 34.4 Å². The summed E-state index contributed by atoms with van der Waals surface area (Å²) in [6, 6.07) is 15.0. The number of likely N-dealkylation sites (N-methyl/N-ethyl adjacent to an activating group) is 1. The summed E-state index contributed by atoms with van der Waals surface area (Å²) in [6.45, 7) is 0.926. The molecule has 0 saturated carbocycles. The molecule has 0 aliphatic rings. The van der Waals surface area contributed by atoms with Gasteiger partial charge in [-0.15, -0.1) is 0 Å². The molecule has 0 aliphatic heterocycles. The second kappa shape index (κ2) is 9.37. The molecule has 0 bridgehead atoms. The molecule has 0 aliphatic carbocycles. The van der Waals surface area contributed by atoms with Gasteiger partial charge in [-0.1, -0.05) is 18.2 Å². The van der Waals surface area contributed by atoms with Crippen LogP contribution >= 0.6 is 0 Å². The molecule has 0 heterocycles. The van der Waals surface area contributed by atoms with Gasteiger partial charge in [0.2, 0.25) is 5.91 Å². The number of methoxy groups -OCH3 is 2. The van der Waals surface area contributed by atoms with E-state index < -0.39 is 0 Å². The van der Waals surface area contributed by atoms with Crippen molar-refractivity contribution in [2.45, 2.75) is 0 Å². The molecule has 2 aromatic rings. The van der Waals surface area contributed by atoms with Crippen LogP contribution in [0.15, 0.2) is 54.6 Å². The maximum absolute atomic E-state index is 12.2. The summed E-state index contributed by atoms with van der Waals surface area (Å²) < 4.78 is 16.1. The zero-order chi connectivity index (χ0) is 18.1. The Labute approximate surface area is 148 Å². The van der Waals surface area contributed by atoms with Crippen molar-refractivity contribution in [1.29, 1.82) is 0 Å². The molecule has 1 amide bonds. The molecule has 2 aromatic carbocycles. The molecule has 5 heteroatoms. The summed E-state index contributed by atoms with van der Waals surface area (Å²) in [4.78, 5) is 13.8. The maximum Gasteiger partial charge on any atom is 0.246 e. The number of amides is 1. The van der Waals surface area contributed by atoms with E-state index in [-0.39, 0.29) is 5.91 Å². The topological polar surface area (TPSA) is 48.0 Å². The molecule has 132 valence electrons. The normalized spacial score (nSPS) is 10.5. The smallest absolute Gasteiger partial charge is 0.246 e. The predicted octanol–water partition coefficient (Wildman–Crippen LogP) is 3.25. The van der Waals surface area contributed by atoms with Gasteiger partial charge in [0, 0.05) is 18.7 Å². The first-order valence-electron chi connectivity index (χ1n) is 7.97. The van der Waals surface area contributed by atoms with E-state index in [2.05, 4.69) is 0 Å². The minimum atomic E-state index is -0.110. The molecule has 0 aromatic heterocycles. The molecule has 0 radical (unpaired) electrons. The molecule has 2 rings (SSSR count). The number of benzene rings is 2. The number of hydrogen-bond acceptors (Lipinski definition) is 4. The van der Waals surface area contributed by atoms with E-state index in [0.29, 0.717) is 24.7 Å². The Bertz CT molecular complexity index is 713. The summed E-state index contributed by atoms with van der Waals surface area (Å²) in [5, 5.41) is 0. The van der Waals surface area contributed by atoms with Gasteiger partial charge in [-0.3, -0.25) is 4.79 Å². The first-order valence-corrected chi connectivity index (χ1v) is 7.97. The van der Waals surface area contributed by atoms with E-state index in [0.717, 1.165) is 11.3 Å². The number of ether oxygens (including phenoxy) is 3. The fraction of sp³-hybridized carbons (Fsp3) is 0.250. The van der Waals surface area contributed by atoms with Crippen LogP contribution in [-0.2, 0) is 4.79 Å². The zero-order valence-corrected chi connectivity index (χ0v) is 14.8. The van der Waals surface area contributed by atoms with Crippen LogP contribution in [0.5, 0.6) is 17.2 Å². The summed E-state index contributed by atoms with van der Waals surface area (Å²) in [6.07, 6.45) is 3.23. The fourth-order valence-corrected chi connectivity index (χ4v) is 2.19. The maximum atomic E-state index is 12.2. The number of nitrogens with zero attached hydrogens (tertiary/aromatic N) is 1. The summed E-state index contributed by atoms with van der Waals surface area (Å²) >= 11 is 0. The van der Waals surface area contributed by atoms with E-state index in [4.69, 9.17) is 14.2 Å². The van der Waals surface area contributed by atoms with Crippen molar-refractivity contribution in [3.8, 4) is 17.2 Å². The van der Waals surface area contributed by atoms with Crippen LogP contribution in [0.4, 0.5) is 0 Å². The van der Waals surface area contributed by atoms with Crippen LogP contribution in [0.25, 0.3) is 6.08 Å². The van der Waals surface area contributed by atoms with E-state index >= 15 is 0 Å². The van der Waals surface area contributed by atoms with Gasteiger partial charge < -0.3 is 19.1 Å². The highest BCUT2D eigenvalue weighted by Gasteiger charge is 2.07. The van der Waals surface area contributed by atoms with Crippen molar-refractivity contribution < 1.29 is 19.0 Å². The van der Waals surface area contributed by atoms with E-state index in [1.807, 2.05) is 42.5 Å². The van der Waals surface area contributed by atoms with Gasteiger partial charge in [0.15, 0.2) is 0 Å². The molecule has 0 spiro atoms. The van der Waals surface area contributed by atoms with Crippen molar-refractivity contribution in [3.05, 3.63) is 60.2 Å². The Kier molecular flexibility index (Phi) is 6.89. The van der Waals surface area contributed by atoms with Crippen LogP contribution < -0.4 is 14.2 Å². The molecule has 0 unspecified atom stereocenters. The molecular weight excluding hydrogens is 318 g/mol. The largest absolute Gasteiger partial charge is 0.497 e. The Balaban J connectivity index is 1.90. The number of hydrogen-bond donors (Lipinski definition) is 0. The number of para-hydroxylation sites is 1. The average Bonchev–Trinajstić information content (AvgIpc) is 2.66. The second-order valence-corrected chi connectivity index (χ2v) is 5.36. The summed E-state index contributed by atoms with van der Waals surface area (Å²) in [7, 11) is 4.93. The average molecular weight is 341 g/mol. The predicted molar refractivity (Wildman–Crippen MR) is 98.2 cm³/mol. The van der Waals surface area contributed by atoms with Gasteiger partial charge >= 0.3 is 0 Å². The van der Waals surface area contributed by atoms with E-state index in [1.54, 1.807) is 38.3 Å². The molecule has 5 nitrogen and oxygen atoms in total. The number of rotatable bonds is 8. The Hall–Kier alpha value is -2.95. The van der Waals surface area contributed by atoms with Gasteiger partial charge in [0.1, 0.15) is 23.9 Å². The van der Waals surface area contributed by atoms with Gasteiger partial charge in [-0.25, -0.2) is 0 Å². The highest BCUT2D eigenvalue weighted by molar-refractivity contribution is 5.92. The molecule has 0 atom stereocenters. The van der Waals surface area contributed by atoms with Gasteiger partial charge in [-0.2, -0.15) is 0 Å². The molecule has 0 fully saturated rings. The summed E-state index contributed by atoms with van der Waals surface area (Å²) in [5.74, 6) is 2.07. The van der Waals surface area contributed by atoms with Crippen molar-refractivity contribution in [3.63, 3.8) is 0 Å². The van der Waals surface area contributed by atoms with Gasteiger partial charge in [0.05, 0.1) is 20.8 Å². The minimum Gasteiger partial charge on any atom is -0.497 e. The Morgan fingerprint density at radius 1 is 1.04 bits per heavy atom. The quantitative estimate of drug-likeness (QED) is 0.692. The Morgan fingerprint density at radius 2 is 1.80 bits per heavy atom. The van der Waals surface area contributed by atoms with Crippen molar-refractivity contribution >= 4 is 12.0 Å². The first-order chi connectivity index (χ1) is 12.1. The number of carbonyl (C=O) groups is 1. The van der Waals surface area contributed by atoms with Gasteiger partial charge in [0.25, 0.3) is 0 Å². The molecule has 0 saturated heterocycles. The zero-order valence-electron chi connectivity index (χ0n) is 14.8. The lowest BCUT2D eigenvalue weighted by Gasteiger charge is -2.15. The SMILES string of the molecule is COc1ccc(OC)c(/C=C/C(=O)N(C)CCOc2ccccc2)c1. The third kappa shape index (κ3) is 5.57. The van der Waals surface area contributed by atoms with Crippen molar-refractivity contribution in [2.24, 2.45) is 0 Å². The first kappa shape index (κ1) is 18.4. The van der Waals surface area contributed by atoms with Crippen LogP contribution in [0.1, 0.15) is 5.56 Å². The van der Waals surface area contributed by atoms with Crippen LogP contribution in [-0.4, -0.2) is 45.2 Å².